The van der Waals surface area contributed by atoms with Gasteiger partial charge in [0.25, 0.3) is 5.78 Å². The molecule has 0 saturated carbocycles. The molecule has 0 atom stereocenters. The van der Waals surface area contributed by atoms with Crippen LogP contribution in [0.2, 0.25) is 0 Å². The molecule has 1 N–H and O–H groups in total. The van der Waals surface area contributed by atoms with Crippen molar-refractivity contribution >= 4 is 11.5 Å². The van der Waals surface area contributed by atoms with Gasteiger partial charge in [0.15, 0.2) is 0 Å². The Morgan fingerprint density at radius 2 is 1.75 bits per heavy atom. The first-order chi connectivity index (χ1) is 7.30. The average Bonchev–Trinajstić information content (AvgIpc) is 2.17. The van der Waals surface area contributed by atoms with Crippen molar-refractivity contribution in [3.05, 3.63) is 41.5 Å². The molecule has 0 bridgehead atoms. The first kappa shape index (κ1) is 12.3. The van der Waals surface area contributed by atoms with Crippen LogP contribution >= 0.6 is 0 Å². The van der Waals surface area contributed by atoms with Crippen LogP contribution in [-0.2, 0) is 4.79 Å². The number of ketones is 1. The Labute approximate surface area is 90.0 Å². The van der Waals surface area contributed by atoms with E-state index in [4.69, 9.17) is 0 Å². The lowest BCUT2D eigenvalue weighted by Crippen LogP contribution is -2.20. The summed E-state index contributed by atoms with van der Waals surface area (Å²) in [5.41, 5.74) is 1.07. The fourth-order valence-corrected chi connectivity index (χ4v) is 1.01. The summed E-state index contributed by atoms with van der Waals surface area (Å²) in [6.07, 6.45) is -4.79. The van der Waals surface area contributed by atoms with E-state index in [1.807, 2.05) is 0 Å². The number of aliphatic hydroxyl groups excluding tert-OH is 1. The smallest absolute Gasteiger partial charge is 0.454 e. The van der Waals surface area contributed by atoms with E-state index in [-0.39, 0.29) is 11.6 Å². The molecule has 0 heterocycles. The molecular formula is C11H9F3O2. The molecule has 0 aliphatic rings. The standard InChI is InChI=1S/C11H9F3O2/c1-7-2-4-8(5-3-7)9(15)6-10(16)11(12,13)14/h2-6,15H,1H3. The Hall–Kier alpha value is -1.78. The number of aryl methyl sites for hydroxylation is 1. The lowest BCUT2D eigenvalue weighted by atomic mass is 10.1. The number of carbonyl (C=O) groups excluding carboxylic acids is 1. The largest absolute Gasteiger partial charge is 0.507 e. The highest BCUT2D eigenvalue weighted by atomic mass is 19.4. The minimum atomic E-state index is -4.96. The maximum atomic E-state index is 11.9. The summed E-state index contributed by atoms with van der Waals surface area (Å²) in [7, 11) is 0. The van der Waals surface area contributed by atoms with Crippen LogP contribution in [0.1, 0.15) is 11.1 Å². The van der Waals surface area contributed by atoms with Crippen LogP contribution in [0, 0.1) is 6.92 Å². The summed E-state index contributed by atoms with van der Waals surface area (Å²) in [5, 5.41) is 9.29. The maximum Gasteiger partial charge on any atom is 0.454 e. The van der Waals surface area contributed by atoms with Gasteiger partial charge in [0.05, 0.1) is 0 Å². The minimum absolute atomic E-state index is 0.170. The molecule has 0 aliphatic heterocycles. The Morgan fingerprint density at radius 1 is 1.25 bits per heavy atom. The number of allylic oxidation sites excluding steroid dienone is 1. The van der Waals surface area contributed by atoms with Gasteiger partial charge in [0.2, 0.25) is 0 Å². The van der Waals surface area contributed by atoms with Crippen LogP contribution in [0.15, 0.2) is 30.3 Å². The van der Waals surface area contributed by atoms with Gasteiger partial charge in [0.1, 0.15) is 5.76 Å². The van der Waals surface area contributed by atoms with Gasteiger partial charge in [0, 0.05) is 11.6 Å². The maximum absolute atomic E-state index is 11.9. The molecule has 1 rings (SSSR count). The van der Waals surface area contributed by atoms with Crippen LogP contribution in [0.25, 0.3) is 5.76 Å². The van der Waals surface area contributed by atoms with Crippen molar-refractivity contribution < 1.29 is 23.1 Å². The van der Waals surface area contributed by atoms with Crippen molar-refractivity contribution in [3.8, 4) is 0 Å². The third-order valence-electron chi connectivity index (χ3n) is 1.89. The zero-order valence-electron chi connectivity index (χ0n) is 8.38. The summed E-state index contributed by atoms with van der Waals surface area (Å²) >= 11 is 0. The first-order valence-electron chi connectivity index (χ1n) is 4.39. The molecular weight excluding hydrogens is 221 g/mol. The molecule has 0 unspecified atom stereocenters. The lowest BCUT2D eigenvalue weighted by Gasteiger charge is -2.03. The van der Waals surface area contributed by atoms with E-state index >= 15 is 0 Å². The summed E-state index contributed by atoms with van der Waals surface area (Å²) in [6, 6.07) is 6.12. The van der Waals surface area contributed by atoms with Crippen molar-refractivity contribution in [3.63, 3.8) is 0 Å². The number of hydrogen-bond acceptors (Lipinski definition) is 2. The molecule has 86 valence electrons. The van der Waals surface area contributed by atoms with E-state index in [9.17, 15) is 23.1 Å². The Bertz CT molecular complexity index is 416. The Kier molecular flexibility index (Phi) is 3.37. The quantitative estimate of drug-likeness (QED) is 0.626. The highest BCUT2D eigenvalue weighted by Crippen LogP contribution is 2.19. The number of alkyl halides is 3. The SMILES string of the molecule is Cc1ccc(C(O)=CC(=O)C(F)(F)F)cc1. The Morgan fingerprint density at radius 3 is 2.19 bits per heavy atom. The first-order valence-corrected chi connectivity index (χ1v) is 4.39. The second kappa shape index (κ2) is 4.38. The lowest BCUT2D eigenvalue weighted by molar-refractivity contribution is -0.165. The average molecular weight is 230 g/mol. The van der Waals surface area contributed by atoms with Gasteiger partial charge in [-0.05, 0) is 6.92 Å². The van der Waals surface area contributed by atoms with E-state index in [0.717, 1.165) is 5.56 Å². The summed E-state index contributed by atoms with van der Waals surface area (Å²) in [4.78, 5) is 10.6. The second-order valence-electron chi connectivity index (χ2n) is 3.26. The predicted molar refractivity (Wildman–Crippen MR) is 52.8 cm³/mol. The predicted octanol–water partition coefficient (Wildman–Crippen LogP) is 3.03. The van der Waals surface area contributed by atoms with E-state index < -0.39 is 17.7 Å². The van der Waals surface area contributed by atoms with Crippen LogP contribution < -0.4 is 0 Å². The third kappa shape index (κ3) is 3.12. The number of carbonyl (C=O) groups is 1. The molecule has 0 aliphatic carbocycles. The number of hydrogen-bond donors (Lipinski definition) is 1. The van der Waals surface area contributed by atoms with Gasteiger partial charge in [-0.3, -0.25) is 4.79 Å². The number of rotatable bonds is 2. The fraction of sp³-hybridized carbons (Fsp3) is 0.182. The van der Waals surface area contributed by atoms with E-state index in [1.54, 1.807) is 19.1 Å². The van der Waals surface area contributed by atoms with E-state index in [1.165, 1.54) is 12.1 Å². The van der Waals surface area contributed by atoms with Gasteiger partial charge in [-0.15, -0.1) is 0 Å². The molecule has 0 radical (unpaired) electrons. The van der Waals surface area contributed by atoms with Crippen LogP contribution in [0.3, 0.4) is 0 Å². The topological polar surface area (TPSA) is 37.3 Å². The molecule has 0 fully saturated rings. The monoisotopic (exact) mass is 230 g/mol. The summed E-state index contributed by atoms with van der Waals surface area (Å²) < 4.78 is 35.7. The molecule has 0 saturated heterocycles. The number of aliphatic hydroxyl groups is 1. The van der Waals surface area contributed by atoms with Gasteiger partial charge in [-0.1, -0.05) is 29.8 Å². The van der Waals surface area contributed by atoms with Crippen molar-refractivity contribution in [1.29, 1.82) is 0 Å². The second-order valence-corrected chi connectivity index (χ2v) is 3.26. The van der Waals surface area contributed by atoms with E-state index in [2.05, 4.69) is 0 Å². The zero-order chi connectivity index (χ0) is 12.3. The van der Waals surface area contributed by atoms with Crippen molar-refractivity contribution in [2.45, 2.75) is 13.1 Å². The van der Waals surface area contributed by atoms with Crippen molar-refractivity contribution in [1.82, 2.24) is 0 Å². The van der Waals surface area contributed by atoms with Gasteiger partial charge in [-0.25, -0.2) is 0 Å². The zero-order valence-corrected chi connectivity index (χ0v) is 8.38. The fourth-order valence-electron chi connectivity index (χ4n) is 1.01. The number of halogens is 3. The molecule has 5 heteroatoms. The van der Waals surface area contributed by atoms with Crippen molar-refractivity contribution in [2.75, 3.05) is 0 Å². The molecule has 1 aromatic rings. The minimum Gasteiger partial charge on any atom is -0.507 e. The molecule has 1 aromatic carbocycles. The summed E-state index contributed by atoms with van der Waals surface area (Å²) in [6.45, 7) is 1.80. The highest BCUT2D eigenvalue weighted by Gasteiger charge is 2.36. The van der Waals surface area contributed by atoms with Crippen LogP contribution in [0.5, 0.6) is 0 Å². The van der Waals surface area contributed by atoms with Crippen molar-refractivity contribution in [2.24, 2.45) is 0 Å². The Balaban J connectivity index is 2.94. The third-order valence-corrected chi connectivity index (χ3v) is 1.89. The summed E-state index contributed by atoms with van der Waals surface area (Å²) in [5.74, 6) is -2.77. The number of benzene rings is 1. The molecule has 0 aromatic heterocycles. The van der Waals surface area contributed by atoms with Crippen LogP contribution in [0.4, 0.5) is 13.2 Å². The molecule has 0 spiro atoms. The molecule has 16 heavy (non-hydrogen) atoms. The van der Waals surface area contributed by atoms with Gasteiger partial charge < -0.3 is 5.11 Å². The van der Waals surface area contributed by atoms with Gasteiger partial charge in [-0.2, -0.15) is 13.2 Å². The van der Waals surface area contributed by atoms with E-state index in [0.29, 0.717) is 0 Å². The molecule has 0 amide bonds. The van der Waals surface area contributed by atoms with Gasteiger partial charge >= 0.3 is 6.18 Å². The highest BCUT2D eigenvalue weighted by molar-refractivity contribution is 5.99. The molecule has 2 nitrogen and oxygen atoms in total. The normalized spacial score (nSPS) is 12.6. The van der Waals surface area contributed by atoms with Crippen LogP contribution in [-0.4, -0.2) is 17.1 Å².